The molecule has 0 radical (unpaired) electrons. The van der Waals surface area contributed by atoms with E-state index in [4.69, 9.17) is 15.1 Å². The topological polar surface area (TPSA) is 133 Å². The summed E-state index contributed by atoms with van der Waals surface area (Å²) in [6, 6.07) is 4.22. The molecule has 25 heavy (non-hydrogen) atoms. The van der Waals surface area contributed by atoms with E-state index in [9.17, 15) is 18.0 Å². The Morgan fingerprint density at radius 3 is 2.20 bits per heavy atom. The van der Waals surface area contributed by atoms with E-state index in [2.05, 4.69) is 0 Å². The molecular formula is C15H22N2O7S. The molecule has 9 nitrogen and oxygen atoms in total. The minimum Gasteiger partial charge on any atom is -0.497 e. The van der Waals surface area contributed by atoms with Crippen LogP contribution < -0.4 is 10.2 Å². The molecule has 1 aromatic carbocycles. The van der Waals surface area contributed by atoms with Gasteiger partial charge in [0.2, 0.25) is 10.0 Å². The van der Waals surface area contributed by atoms with Gasteiger partial charge < -0.3 is 9.84 Å². The minimum absolute atomic E-state index is 0.116. The van der Waals surface area contributed by atoms with Gasteiger partial charge in [-0.25, -0.2) is 13.9 Å². The summed E-state index contributed by atoms with van der Waals surface area (Å²) in [6.07, 6.45) is -0.489. The predicted molar refractivity (Wildman–Crippen MR) is 87.7 cm³/mol. The molecule has 0 aromatic heterocycles. The summed E-state index contributed by atoms with van der Waals surface area (Å²) in [7, 11) is -2.74. The van der Waals surface area contributed by atoms with Crippen molar-refractivity contribution in [1.82, 2.24) is 9.79 Å². The smallest absolute Gasteiger partial charge is 0.304 e. The molecule has 140 valence electrons. The Morgan fingerprint density at radius 1 is 1.24 bits per heavy atom. The van der Waals surface area contributed by atoms with Crippen LogP contribution in [0.2, 0.25) is 0 Å². The number of aliphatic carboxylic acids is 1. The van der Waals surface area contributed by atoms with Gasteiger partial charge in [0.05, 0.1) is 18.4 Å². The lowest BCUT2D eigenvalue weighted by Crippen LogP contribution is -2.52. The van der Waals surface area contributed by atoms with Crippen LogP contribution in [0.4, 0.5) is 0 Å². The summed E-state index contributed by atoms with van der Waals surface area (Å²) >= 11 is 0. The van der Waals surface area contributed by atoms with Gasteiger partial charge in [-0.3, -0.25) is 14.8 Å². The Kier molecular flexibility index (Phi) is 7.34. The van der Waals surface area contributed by atoms with Gasteiger partial charge in [0.15, 0.2) is 0 Å². The Bertz CT molecular complexity index is 701. The molecule has 0 spiro atoms. The van der Waals surface area contributed by atoms with Crippen LogP contribution in [0.1, 0.15) is 20.3 Å². The van der Waals surface area contributed by atoms with Gasteiger partial charge in [-0.05, 0) is 30.2 Å². The van der Waals surface area contributed by atoms with Crippen molar-refractivity contribution in [2.75, 3.05) is 13.7 Å². The number of rotatable bonds is 9. The van der Waals surface area contributed by atoms with Gasteiger partial charge in [0.25, 0.3) is 5.91 Å². The molecule has 1 unspecified atom stereocenters. The average molecular weight is 374 g/mol. The van der Waals surface area contributed by atoms with Crippen LogP contribution >= 0.6 is 0 Å². The number of nitrogens with zero attached hydrogens (tertiary/aromatic N) is 1. The van der Waals surface area contributed by atoms with Crippen LogP contribution in [0.3, 0.4) is 0 Å². The number of nitrogens with one attached hydrogen (secondary N) is 1. The highest BCUT2D eigenvalue weighted by Gasteiger charge is 2.38. The maximum absolute atomic E-state index is 12.9. The normalized spacial score (nSPS) is 12.9. The first kappa shape index (κ1) is 20.9. The SMILES string of the molecule is COc1ccc(S(=O)(=O)N(CCC(=O)O)C(C(=O)NO)C(C)C)cc1. The lowest BCUT2D eigenvalue weighted by atomic mass is 10.0. The quantitative estimate of drug-likeness (QED) is 0.428. The highest BCUT2D eigenvalue weighted by molar-refractivity contribution is 7.89. The fourth-order valence-corrected chi connectivity index (χ4v) is 4.05. The first-order valence-electron chi connectivity index (χ1n) is 7.46. The third-order valence-corrected chi connectivity index (χ3v) is 5.43. The zero-order valence-electron chi connectivity index (χ0n) is 14.2. The molecule has 1 amide bonds. The summed E-state index contributed by atoms with van der Waals surface area (Å²) in [5.41, 5.74) is 1.44. The zero-order chi connectivity index (χ0) is 19.2. The number of carbonyl (C=O) groups excluding carboxylic acids is 1. The lowest BCUT2D eigenvalue weighted by Gasteiger charge is -2.31. The number of hydrogen-bond donors (Lipinski definition) is 3. The highest BCUT2D eigenvalue weighted by Crippen LogP contribution is 2.24. The molecular weight excluding hydrogens is 352 g/mol. The van der Waals surface area contributed by atoms with E-state index in [1.165, 1.54) is 36.9 Å². The number of hydrogen-bond acceptors (Lipinski definition) is 6. The second-order valence-corrected chi connectivity index (χ2v) is 7.49. The van der Waals surface area contributed by atoms with Crippen LogP contribution in [0.15, 0.2) is 29.2 Å². The van der Waals surface area contributed by atoms with Crippen molar-refractivity contribution in [2.45, 2.75) is 31.2 Å². The second kappa shape index (κ2) is 8.79. The lowest BCUT2D eigenvalue weighted by molar-refractivity contribution is -0.139. The molecule has 0 aliphatic carbocycles. The summed E-state index contributed by atoms with van der Waals surface area (Å²) < 4.78 is 31.7. The fraction of sp³-hybridized carbons (Fsp3) is 0.467. The van der Waals surface area contributed by atoms with Crippen molar-refractivity contribution in [2.24, 2.45) is 5.92 Å². The van der Waals surface area contributed by atoms with Crippen LogP contribution in [-0.4, -0.2) is 54.6 Å². The number of carboxylic acid groups (broad SMARTS) is 1. The first-order chi connectivity index (χ1) is 11.6. The largest absolute Gasteiger partial charge is 0.497 e. The van der Waals surface area contributed by atoms with Crippen molar-refractivity contribution in [1.29, 1.82) is 0 Å². The molecule has 3 N–H and O–H groups in total. The van der Waals surface area contributed by atoms with E-state index in [-0.39, 0.29) is 4.90 Å². The standard InChI is InChI=1S/C15H22N2O7S/c1-10(2)14(15(20)16-21)17(9-8-13(18)19)25(22,23)12-6-4-11(24-3)5-7-12/h4-7,10,14,21H,8-9H2,1-3H3,(H,16,20)(H,18,19). The number of amides is 1. The molecule has 1 rings (SSSR count). The number of ether oxygens (including phenoxy) is 1. The molecule has 0 fully saturated rings. The number of methoxy groups -OCH3 is 1. The van der Waals surface area contributed by atoms with Crippen molar-refractivity contribution >= 4 is 21.9 Å². The Hall–Kier alpha value is -2.17. The number of carboxylic acids is 1. The molecule has 1 aromatic rings. The van der Waals surface area contributed by atoms with E-state index in [0.717, 1.165) is 4.31 Å². The number of hydroxylamine groups is 1. The van der Waals surface area contributed by atoms with Crippen LogP contribution in [0.25, 0.3) is 0 Å². The minimum atomic E-state index is -4.18. The highest BCUT2D eigenvalue weighted by atomic mass is 32.2. The van der Waals surface area contributed by atoms with Gasteiger partial charge in [-0.15, -0.1) is 0 Å². The van der Waals surface area contributed by atoms with E-state index in [1.807, 2.05) is 0 Å². The maximum atomic E-state index is 12.9. The average Bonchev–Trinajstić information content (AvgIpc) is 2.57. The molecule has 10 heteroatoms. The van der Waals surface area contributed by atoms with Crippen LogP contribution in [-0.2, 0) is 19.6 Å². The van der Waals surface area contributed by atoms with Crippen molar-refractivity contribution < 1.29 is 33.1 Å². The number of sulfonamides is 1. The third-order valence-electron chi connectivity index (χ3n) is 3.53. The number of carbonyl (C=O) groups is 2. The van der Waals surface area contributed by atoms with Crippen molar-refractivity contribution in [3.05, 3.63) is 24.3 Å². The number of benzene rings is 1. The molecule has 0 saturated heterocycles. The van der Waals surface area contributed by atoms with Gasteiger partial charge in [-0.1, -0.05) is 13.8 Å². The fourth-order valence-electron chi connectivity index (χ4n) is 2.33. The Labute approximate surface area is 146 Å². The summed E-state index contributed by atoms with van der Waals surface area (Å²) in [6.45, 7) is 2.77. The van der Waals surface area contributed by atoms with E-state index in [1.54, 1.807) is 13.8 Å². The molecule has 0 aliphatic rings. The van der Waals surface area contributed by atoms with Gasteiger partial charge in [0.1, 0.15) is 11.8 Å². The van der Waals surface area contributed by atoms with Gasteiger partial charge in [0, 0.05) is 6.54 Å². The molecule has 0 aliphatic heterocycles. The van der Waals surface area contributed by atoms with Crippen molar-refractivity contribution in [3.63, 3.8) is 0 Å². The third kappa shape index (κ3) is 5.15. The van der Waals surface area contributed by atoms with Crippen LogP contribution in [0.5, 0.6) is 5.75 Å². The van der Waals surface area contributed by atoms with Gasteiger partial charge >= 0.3 is 5.97 Å². The molecule has 0 heterocycles. The second-order valence-electron chi connectivity index (χ2n) is 5.60. The van der Waals surface area contributed by atoms with E-state index >= 15 is 0 Å². The molecule has 1 atom stereocenters. The Morgan fingerprint density at radius 2 is 1.80 bits per heavy atom. The van der Waals surface area contributed by atoms with E-state index in [0.29, 0.717) is 5.75 Å². The molecule has 0 saturated carbocycles. The van der Waals surface area contributed by atoms with Gasteiger partial charge in [-0.2, -0.15) is 4.31 Å². The monoisotopic (exact) mass is 374 g/mol. The molecule has 0 bridgehead atoms. The summed E-state index contributed by atoms with van der Waals surface area (Å²) in [5.74, 6) is -2.20. The Balaban J connectivity index is 3.36. The van der Waals surface area contributed by atoms with Crippen LogP contribution in [0, 0.1) is 5.92 Å². The predicted octanol–water partition coefficient (Wildman–Crippen LogP) is 0.691. The zero-order valence-corrected chi connectivity index (χ0v) is 15.0. The summed E-state index contributed by atoms with van der Waals surface area (Å²) in [4.78, 5) is 22.8. The summed E-state index contributed by atoms with van der Waals surface area (Å²) in [5, 5.41) is 17.8. The first-order valence-corrected chi connectivity index (χ1v) is 8.90. The van der Waals surface area contributed by atoms with E-state index < -0.39 is 46.8 Å². The van der Waals surface area contributed by atoms with Crippen molar-refractivity contribution in [3.8, 4) is 5.75 Å². The maximum Gasteiger partial charge on any atom is 0.304 e.